The first kappa shape index (κ1) is 21.7. The molecular formula is C20H27N3O4S2. The Morgan fingerprint density at radius 1 is 1.21 bits per heavy atom. The molecule has 1 fully saturated rings. The maximum Gasteiger partial charge on any atom is 0.265 e. The van der Waals surface area contributed by atoms with Gasteiger partial charge in [0.05, 0.1) is 10.7 Å². The van der Waals surface area contributed by atoms with Gasteiger partial charge in [-0.1, -0.05) is 19.9 Å². The normalized spacial score (nSPS) is 15.8. The highest BCUT2D eigenvalue weighted by atomic mass is 32.2. The highest BCUT2D eigenvalue weighted by molar-refractivity contribution is 7.89. The number of piperazine rings is 1. The molecule has 3 rings (SSSR count). The fraction of sp³-hybridized carbons (Fsp3) is 0.500. The summed E-state index contributed by atoms with van der Waals surface area (Å²) in [4.78, 5) is 19.7. The van der Waals surface area contributed by atoms with Gasteiger partial charge in [-0.2, -0.15) is 4.31 Å². The Bertz CT molecular complexity index is 1010. The summed E-state index contributed by atoms with van der Waals surface area (Å²) < 4.78 is 27.2. The number of aryl methyl sites for hydroxylation is 2. The second-order valence-electron chi connectivity index (χ2n) is 7.79. The minimum Gasteiger partial charge on any atom is -0.507 e. The summed E-state index contributed by atoms with van der Waals surface area (Å²) in [6, 6.07) is 4.53. The molecule has 29 heavy (non-hydrogen) atoms. The molecule has 2 heterocycles. The van der Waals surface area contributed by atoms with Crippen LogP contribution in [0.25, 0.3) is 0 Å². The van der Waals surface area contributed by atoms with Crippen molar-refractivity contribution >= 4 is 27.3 Å². The van der Waals surface area contributed by atoms with Crippen LogP contribution in [0.1, 0.15) is 39.8 Å². The van der Waals surface area contributed by atoms with Gasteiger partial charge in [0, 0.05) is 32.6 Å². The van der Waals surface area contributed by atoms with Crippen molar-refractivity contribution in [3.05, 3.63) is 39.3 Å². The first-order valence-corrected chi connectivity index (χ1v) is 11.9. The molecule has 2 aromatic rings. The van der Waals surface area contributed by atoms with Crippen LogP contribution in [0.3, 0.4) is 0 Å². The largest absolute Gasteiger partial charge is 0.507 e. The number of hydrogen-bond donors (Lipinski definition) is 1. The third kappa shape index (κ3) is 4.62. The van der Waals surface area contributed by atoms with Crippen molar-refractivity contribution in [3.8, 4) is 5.75 Å². The van der Waals surface area contributed by atoms with Gasteiger partial charge in [-0.3, -0.25) is 4.79 Å². The first-order valence-electron chi connectivity index (χ1n) is 9.65. The Morgan fingerprint density at radius 2 is 1.86 bits per heavy atom. The number of amides is 1. The Labute approximate surface area is 176 Å². The number of benzene rings is 1. The van der Waals surface area contributed by atoms with Crippen LogP contribution in [0.15, 0.2) is 23.1 Å². The Kier molecular flexibility index (Phi) is 6.30. The summed E-state index contributed by atoms with van der Waals surface area (Å²) in [5, 5.41) is 11.0. The molecule has 0 aliphatic carbocycles. The van der Waals surface area contributed by atoms with Gasteiger partial charge in [0.15, 0.2) is 0 Å². The monoisotopic (exact) mass is 437 g/mol. The molecule has 0 spiro atoms. The van der Waals surface area contributed by atoms with E-state index in [0.717, 1.165) is 22.7 Å². The first-order chi connectivity index (χ1) is 13.6. The van der Waals surface area contributed by atoms with Crippen molar-refractivity contribution < 1.29 is 18.3 Å². The van der Waals surface area contributed by atoms with Gasteiger partial charge in [0.1, 0.15) is 15.5 Å². The summed E-state index contributed by atoms with van der Waals surface area (Å²) in [5.41, 5.74) is 1.49. The average Bonchev–Trinajstić information content (AvgIpc) is 3.02. The van der Waals surface area contributed by atoms with Crippen molar-refractivity contribution in [2.45, 2.75) is 39.0 Å². The van der Waals surface area contributed by atoms with E-state index in [0.29, 0.717) is 23.9 Å². The molecule has 9 heteroatoms. The van der Waals surface area contributed by atoms with Gasteiger partial charge in [0.2, 0.25) is 10.0 Å². The highest BCUT2D eigenvalue weighted by Crippen LogP contribution is 2.28. The Balaban J connectivity index is 1.71. The van der Waals surface area contributed by atoms with E-state index in [4.69, 9.17) is 0 Å². The van der Waals surface area contributed by atoms with E-state index in [2.05, 4.69) is 18.8 Å². The number of nitrogens with zero attached hydrogens (tertiary/aromatic N) is 3. The number of aromatic nitrogens is 1. The molecule has 158 valence electrons. The van der Waals surface area contributed by atoms with Crippen LogP contribution in [0.5, 0.6) is 5.75 Å². The third-order valence-electron chi connectivity index (χ3n) is 4.88. The number of carbonyl (C=O) groups is 1. The number of phenols is 1. The topological polar surface area (TPSA) is 90.8 Å². The van der Waals surface area contributed by atoms with Crippen LogP contribution >= 0.6 is 11.3 Å². The maximum atomic E-state index is 12.9. The lowest BCUT2D eigenvalue weighted by Crippen LogP contribution is -2.50. The minimum atomic E-state index is -3.81. The van der Waals surface area contributed by atoms with E-state index < -0.39 is 10.0 Å². The molecule has 1 aliphatic heterocycles. The zero-order valence-electron chi connectivity index (χ0n) is 17.2. The molecular weight excluding hydrogens is 410 g/mol. The molecule has 1 saturated heterocycles. The molecule has 0 atom stereocenters. The van der Waals surface area contributed by atoms with E-state index in [1.807, 2.05) is 6.92 Å². The SMILES string of the molecule is Cc1ccc(O)c(S(=O)(=O)N2CCN(C(=O)c3sc(CC(C)C)nc3C)CC2)c1. The van der Waals surface area contributed by atoms with Crippen molar-refractivity contribution in [2.75, 3.05) is 26.2 Å². The predicted molar refractivity (Wildman–Crippen MR) is 113 cm³/mol. The smallest absolute Gasteiger partial charge is 0.265 e. The summed E-state index contributed by atoms with van der Waals surface area (Å²) in [7, 11) is -3.81. The van der Waals surface area contributed by atoms with Crippen molar-refractivity contribution in [1.29, 1.82) is 0 Å². The fourth-order valence-corrected chi connectivity index (χ4v) is 6.16. The predicted octanol–water partition coefficient (Wildman–Crippen LogP) is 2.81. The van der Waals surface area contributed by atoms with Crippen LogP contribution in [-0.2, 0) is 16.4 Å². The van der Waals surface area contributed by atoms with E-state index in [1.165, 1.54) is 27.8 Å². The van der Waals surface area contributed by atoms with Crippen molar-refractivity contribution in [3.63, 3.8) is 0 Å². The molecule has 1 aliphatic rings. The standard InChI is InChI=1S/C20H27N3O4S2/c1-13(2)11-18-21-15(4)19(28-18)20(25)22-7-9-23(10-8-22)29(26,27)17-12-14(3)5-6-16(17)24/h5-6,12-13,24H,7-11H2,1-4H3. The highest BCUT2D eigenvalue weighted by Gasteiger charge is 2.33. The van der Waals surface area contributed by atoms with Crippen LogP contribution in [0.2, 0.25) is 0 Å². The Morgan fingerprint density at radius 3 is 2.48 bits per heavy atom. The molecule has 0 saturated carbocycles. The molecule has 7 nitrogen and oxygen atoms in total. The Hall–Kier alpha value is -1.97. The summed E-state index contributed by atoms with van der Waals surface area (Å²) in [5.74, 6) is 0.118. The second-order valence-corrected chi connectivity index (χ2v) is 10.8. The zero-order chi connectivity index (χ0) is 21.3. The lowest BCUT2D eigenvalue weighted by Gasteiger charge is -2.34. The van der Waals surface area contributed by atoms with Gasteiger partial charge in [-0.25, -0.2) is 13.4 Å². The lowest BCUT2D eigenvalue weighted by atomic mass is 10.1. The van der Waals surface area contributed by atoms with E-state index in [1.54, 1.807) is 17.9 Å². The maximum absolute atomic E-state index is 12.9. The third-order valence-corrected chi connectivity index (χ3v) is 7.97. The molecule has 1 aromatic carbocycles. The van der Waals surface area contributed by atoms with Crippen LogP contribution in [0.4, 0.5) is 0 Å². The van der Waals surface area contributed by atoms with Gasteiger partial charge in [-0.15, -0.1) is 11.3 Å². The van der Waals surface area contributed by atoms with Crippen LogP contribution < -0.4 is 0 Å². The van der Waals surface area contributed by atoms with Crippen LogP contribution in [-0.4, -0.2) is 59.8 Å². The van der Waals surface area contributed by atoms with Crippen LogP contribution in [0, 0.1) is 19.8 Å². The van der Waals surface area contributed by atoms with Gasteiger partial charge >= 0.3 is 0 Å². The van der Waals surface area contributed by atoms with E-state index in [9.17, 15) is 18.3 Å². The van der Waals surface area contributed by atoms with Gasteiger partial charge in [-0.05, 0) is 37.5 Å². The number of carbonyl (C=O) groups excluding carboxylic acids is 1. The van der Waals surface area contributed by atoms with E-state index >= 15 is 0 Å². The van der Waals surface area contributed by atoms with E-state index in [-0.39, 0.29) is 29.6 Å². The van der Waals surface area contributed by atoms with Crippen molar-refractivity contribution in [1.82, 2.24) is 14.2 Å². The number of rotatable bonds is 5. The van der Waals surface area contributed by atoms with Gasteiger partial charge < -0.3 is 10.0 Å². The molecule has 0 bridgehead atoms. The summed E-state index contributed by atoms with van der Waals surface area (Å²) in [6.45, 7) is 8.85. The summed E-state index contributed by atoms with van der Waals surface area (Å²) >= 11 is 1.43. The lowest BCUT2D eigenvalue weighted by molar-refractivity contribution is 0.0701. The number of thiazole rings is 1. The number of aromatic hydroxyl groups is 1. The quantitative estimate of drug-likeness (QED) is 0.777. The molecule has 0 unspecified atom stereocenters. The minimum absolute atomic E-state index is 0.0890. The summed E-state index contributed by atoms with van der Waals surface area (Å²) in [6.07, 6.45) is 0.838. The molecule has 1 amide bonds. The second kappa shape index (κ2) is 8.41. The molecule has 0 radical (unpaired) electrons. The molecule has 1 aromatic heterocycles. The van der Waals surface area contributed by atoms with Gasteiger partial charge in [0.25, 0.3) is 5.91 Å². The molecule has 1 N–H and O–H groups in total. The van der Waals surface area contributed by atoms with Crippen molar-refractivity contribution in [2.24, 2.45) is 5.92 Å². The number of hydrogen-bond acceptors (Lipinski definition) is 6. The fourth-order valence-electron chi connectivity index (χ4n) is 3.33. The zero-order valence-corrected chi connectivity index (χ0v) is 18.8. The number of phenolic OH excluding ortho intramolecular Hbond substituents is 1. The number of sulfonamides is 1. The average molecular weight is 438 g/mol.